The highest BCUT2D eigenvalue weighted by atomic mass is 32.2. The summed E-state index contributed by atoms with van der Waals surface area (Å²) in [6.45, 7) is -0.418. The van der Waals surface area contributed by atoms with Crippen LogP contribution in [0.3, 0.4) is 0 Å². The average molecular weight is 548 g/mol. The van der Waals surface area contributed by atoms with Gasteiger partial charge in [0.05, 0.1) is 12.6 Å². The van der Waals surface area contributed by atoms with E-state index in [-0.39, 0.29) is 41.1 Å². The molecule has 0 aromatic carbocycles. The molecule has 0 spiro atoms. The minimum absolute atomic E-state index is 0.00243. The first-order valence-corrected chi connectivity index (χ1v) is 12.6. The van der Waals surface area contributed by atoms with Gasteiger partial charge in [-0.2, -0.15) is 8.42 Å². The maximum absolute atomic E-state index is 13.1. The lowest BCUT2D eigenvalue weighted by Crippen LogP contribution is -2.74. The molecule has 3 amide bonds. The molecule has 0 radical (unpaired) electrons. The highest BCUT2D eigenvalue weighted by Gasteiger charge is 2.56. The number of aliphatic carboxylic acids is 1. The van der Waals surface area contributed by atoms with E-state index in [1.165, 1.54) is 5.38 Å². The lowest BCUT2D eigenvalue weighted by atomic mass is 9.97. The van der Waals surface area contributed by atoms with Gasteiger partial charge in [0.25, 0.3) is 11.8 Å². The fourth-order valence-electron chi connectivity index (χ4n) is 3.61. The average Bonchev–Trinajstić information content (AvgIpc) is 3.34. The van der Waals surface area contributed by atoms with Crippen LogP contribution in [0.25, 0.3) is 0 Å². The Morgan fingerprint density at radius 3 is 2.58 bits per heavy atom. The van der Waals surface area contributed by atoms with Crippen molar-refractivity contribution in [1.29, 1.82) is 0 Å². The highest BCUT2D eigenvalue weighted by molar-refractivity contribution is 7.84. The summed E-state index contributed by atoms with van der Waals surface area (Å²) in [5.41, 5.74) is 8.89. The van der Waals surface area contributed by atoms with Gasteiger partial charge in [0.15, 0.2) is 10.8 Å². The van der Waals surface area contributed by atoms with Crippen LogP contribution in [0.4, 0.5) is 9.93 Å². The van der Waals surface area contributed by atoms with Gasteiger partial charge in [-0.1, -0.05) is 5.16 Å². The van der Waals surface area contributed by atoms with Gasteiger partial charge in [-0.15, -0.1) is 11.3 Å². The van der Waals surface area contributed by atoms with Crippen LogP contribution in [0, 0.1) is 0 Å². The van der Waals surface area contributed by atoms with Gasteiger partial charge in [0.1, 0.15) is 17.8 Å². The largest absolute Gasteiger partial charge is 0.478 e. The standard InChI is InChI=1S/C17H21N7O10S2/c18-3-7-4-23(16(29)33-7)5-9-11(13(26)24(9)36(30,31)32)21-12(25)10(8-6-35-15(19)20-8)22-34-17(1-2-17)14(27)28/h6-7,9,11H,1-5,18H2,(H2,19,20)(H,21,25)(H,27,28)(H,30,31,32)/t7?,9-,11+/m1/s1. The Kier molecular flexibility index (Phi) is 6.49. The van der Waals surface area contributed by atoms with E-state index < -0.39 is 70.2 Å². The van der Waals surface area contributed by atoms with Crippen molar-refractivity contribution in [2.45, 2.75) is 36.6 Å². The van der Waals surface area contributed by atoms with Gasteiger partial charge in [-0.3, -0.25) is 14.1 Å². The van der Waals surface area contributed by atoms with Crippen LogP contribution < -0.4 is 16.8 Å². The number of cyclic esters (lactones) is 1. The van der Waals surface area contributed by atoms with E-state index in [2.05, 4.69) is 15.5 Å². The Bertz CT molecular complexity index is 1240. The molecule has 1 unspecified atom stereocenters. The molecule has 1 aromatic heterocycles. The van der Waals surface area contributed by atoms with E-state index in [1.807, 2.05) is 0 Å². The summed E-state index contributed by atoms with van der Waals surface area (Å²) in [6, 6.07) is -2.91. The van der Waals surface area contributed by atoms with Crippen LogP contribution in [0.1, 0.15) is 18.5 Å². The first kappa shape index (κ1) is 25.5. The van der Waals surface area contributed by atoms with E-state index in [9.17, 15) is 37.3 Å². The first-order chi connectivity index (χ1) is 16.9. The Labute approximate surface area is 206 Å². The summed E-state index contributed by atoms with van der Waals surface area (Å²) in [6.07, 6.45) is -1.16. The SMILES string of the molecule is NCC1CN(C[C@@H]2[C@H](NC(=O)C(=NOC3(C(=O)O)CC3)c3csc(N)n3)C(=O)N2S(=O)(=O)O)C(=O)O1. The number of carboxylic acid groups (broad SMARTS) is 1. The minimum Gasteiger partial charge on any atom is -0.478 e. The van der Waals surface area contributed by atoms with Crippen molar-refractivity contribution in [2.75, 3.05) is 25.4 Å². The van der Waals surface area contributed by atoms with Gasteiger partial charge in [-0.25, -0.2) is 18.9 Å². The summed E-state index contributed by atoms with van der Waals surface area (Å²) < 4.78 is 38.1. The second-order valence-corrected chi connectivity index (χ2v) is 10.4. The number of nitrogens with one attached hydrogen (secondary N) is 1. The van der Waals surface area contributed by atoms with Gasteiger partial charge in [-0.05, 0) is 0 Å². The van der Waals surface area contributed by atoms with Crippen molar-refractivity contribution in [2.24, 2.45) is 10.9 Å². The molecule has 1 aliphatic carbocycles. The zero-order valence-electron chi connectivity index (χ0n) is 18.3. The first-order valence-electron chi connectivity index (χ1n) is 10.3. The van der Waals surface area contributed by atoms with Crippen molar-refractivity contribution < 1.29 is 46.8 Å². The highest BCUT2D eigenvalue weighted by Crippen LogP contribution is 2.40. The number of nitrogen functional groups attached to an aromatic ring is 1. The maximum Gasteiger partial charge on any atom is 0.410 e. The lowest BCUT2D eigenvalue weighted by molar-refractivity contribution is -0.153. The number of carboxylic acids is 1. The molecule has 0 bridgehead atoms. The molecule has 2 saturated heterocycles. The van der Waals surface area contributed by atoms with E-state index in [0.717, 1.165) is 16.2 Å². The number of nitrogens with two attached hydrogens (primary N) is 2. The Balaban J connectivity index is 1.56. The number of oxime groups is 1. The van der Waals surface area contributed by atoms with Crippen molar-refractivity contribution in [1.82, 2.24) is 19.5 Å². The number of aromatic nitrogens is 1. The Hall–Kier alpha value is -3.55. The number of carbonyl (C=O) groups is 4. The quantitative estimate of drug-likeness (QED) is 0.0868. The monoisotopic (exact) mass is 547 g/mol. The lowest BCUT2D eigenvalue weighted by Gasteiger charge is -2.45. The van der Waals surface area contributed by atoms with Crippen LogP contribution in [0.5, 0.6) is 0 Å². The van der Waals surface area contributed by atoms with Crippen LogP contribution in [0.2, 0.25) is 0 Å². The van der Waals surface area contributed by atoms with Gasteiger partial charge < -0.3 is 36.4 Å². The molecule has 3 atom stereocenters. The molecule has 17 nitrogen and oxygen atoms in total. The Morgan fingerprint density at radius 2 is 2.08 bits per heavy atom. The number of ether oxygens (including phenoxy) is 1. The molecule has 3 aliphatic rings. The minimum atomic E-state index is -5.03. The van der Waals surface area contributed by atoms with Crippen molar-refractivity contribution >= 4 is 56.4 Å². The van der Waals surface area contributed by atoms with Crippen LogP contribution in [-0.4, -0.2) is 105 Å². The number of anilines is 1. The number of thiazole rings is 1. The number of β-lactam (4-membered cyclic amide) rings is 1. The summed E-state index contributed by atoms with van der Waals surface area (Å²) in [4.78, 5) is 59.1. The summed E-state index contributed by atoms with van der Waals surface area (Å²) in [5, 5.41) is 16.6. The molecule has 19 heteroatoms. The smallest absolute Gasteiger partial charge is 0.410 e. The molecule has 3 fully saturated rings. The molecule has 36 heavy (non-hydrogen) atoms. The summed E-state index contributed by atoms with van der Waals surface area (Å²) >= 11 is 0.951. The molecule has 196 valence electrons. The number of carbonyl (C=O) groups excluding carboxylic acids is 3. The molecular formula is C17H21N7O10S2. The zero-order valence-corrected chi connectivity index (χ0v) is 19.9. The van der Waals surface area contributed by atoms with Crippen molar-refractivity contribution in [3.05, 3.63) is 11.1 Å². The van der Waals surface area contributed by atoms with Crippen LogP contribution >= 0.6 is 11.3 Å². The fraction of sp³-hybridized carbons (Fsp3) is 0.529. The maximum atomic E-state index is 13.1. The number of rotatable bonds is 10. The number of hydrogen-bond donors (Lipinski definition) is 5. The molecular weight excluding hydrogens is 526 g/mol. The van der Waals surface area contributed by atoms with Gasteiger partial charge in [0, 0.05) is 31.3 Å². The van der Waals surface area contributed by atoms with Gasteiger partial charge >= 0.3 is 22.4 Å². The van der Waals surface area contributed by atoms with Gasteiger partial charge in [0.2, 0.25) is 5.60 Å². The van der Waals surface area contributed by atoms with Crippen LogP contribution in [0.15, 0.2) is 10.5 Å². The number of nitrogens with zero attached hydrogens (tertiary/aromatic N) is 4. The van der Waals surface area contributed by atoms with Crippen molar-refractivity contribution in [3.63, 3.8) is 0 Å². The van der Waals surface area contributed by atoms with E-state index in [4.69, 9.17) is 21.0 Å². The third-order valence-corrected chi connectivity index (χ3v) is 7.33. The molecule has 1 saturated carbocycles. The van der Waals surface area contributed by atoms with Crippen molar-refractivity contribution in [3.8, 4) is 0 Å². The molecule has 4 rings (SSSR count). The van der Waals surface area contributed by atoms with E-state index in [0.29, 0.717) is 0 Å². The molecule has 7 N–H and O–H groups in total. The molecule has 1 aromatic rings. The second kappa shape index (κ2) is 9.15. The van der Waals surface area contributed by atoms with Crippen LogP contribution in [-0.2, 0) is 34.3 Å². The third kappa shape index (κ3) is 4.76. The van der Waals surface area contributed by atoms with E-state index >= 15 is 0 Å². The van der Waals surface area contributed by atoms with E-state index in [1.54, 1.807) is 0 Å². The Morgan fingerprint density at radius 1 is 1.39 bits per heavy atom. The summed E-state index contributed by atoms with van der Waals surface area (Å²) in [5.74, 6) is -3.53. The molecule has 3 heterocycles. The number of hydrogen-bond acceptors (Lipinski definition) is 13. The zero-order chi connectivity index (χ0) is 26.4. The topological polar surface area (TPSA) is 257 Å². The predicted molar refractivity (Wildman–Crippen MR) is 119 cm³/mol. The molecule has 2 aliphatic heterocycles. The summed E-state index contributed by atoms with van der Waals surface area (Å²) in [7, 11) is -5.03. The third-order valence-electron chi connectivity index (χ3n) is 5.71. The second-order valence-electron chi connectivity index (χ2n) is 8.18. The predicted octanol–water partition coefficient (Wildman–Crippen LogP) is -2.66. The fourth-order valence-corrected chi connectivity index (χ4v) is 5.03. The normalized spacial score (nSPS) is 25.3. The number of amides is 3.